The molecule has 21 heavy (non-hydrogen) atoms. The molecule has 1 heterocycles. The first-order valence-electron chi connectivity index (χ1n) is 6.13. The molecule has 0 N–H and O–H groups in total. The summed E-state index contributed by atoms with van der Waals surface area (Å²) in [6.07, 6.45) is -4.43. The van der Waals surface area contributed by atoms with Gasteiger partial charge in [0.15, 0.2) is 0 Å². The van der Waals surface area contributed by atoms with E-state index in [1.807, 2.05) is 24.3 Å². The zero-order chi connectivity index (χ0) is 15.0. The molecule has 1 aromatic heterocycles. The molecule has 108 valence electrons. The van der Waals surface area contributed by atoms with E-state index in [-0.39, 0.29) is 12.0 Å². The molecule has 2 aromatic carbocycles. The van der Waals surface area contributed by atoms with E-state index >= 15 is 0 Å². The van der Waals surface area contributed by atoms with Gasteiger partial charge in [0.05, 0.1) is 20.8 Å². The summed E-state index contributed by atoms with van der Waals surface area (Å²) >= 11 is 1.36. The summed E-state index contributed by atoms with van der Waals surface area (Å²) in [4.78, 5) is 4.31. The molecule has 3 rings (SSSR count). The molecule has 6 heteroatoms. The van der Waals surface area contributed by atoms with E-state index in [9.17, 15) is 17.6 Å². The Hall–Kier alpha value is -1.95. The number of thiazole rings is 1. The van der Waals surface area contributed by atoms with Crippen molar-refractivity contribution in [2.75, 3.05) is 0 Å². The number of para-hydroxylation sites is 1. The molecule has 0 spiro atoms. The highest BCUT2D eigenvalue weighted by Gasteiger charge is 2.31. The SMILES string of the molecule is Fc1ccc(C(F)(F)F)cc1Cc1nc2ccccc2s1. The molecule has 0 saturated carbocycles. The quantitative estimate of drug-likeness (QED) is 0.604. The Morgan fingerprint density at radius 1 is 1.05 bits per heavy atom. The summed E-state index contributed by atoms with van der Waals surface area (Å²) in [5.74, 6) is -0.651. The van der Waals surface area contributed by atoms with Gasteiger partial charge in [-0.15, -0.1) is 11.3 Å². The van der Waals surface area contributed by atoms with Crippen LogP contribution in [0.3, 0.4) is 0 Å². The number of alkyl halides is 3. The van der Waals surface area contributed by atoms with Crippen molar-refractivity contribution in [1.29, 1.82) is 0 Å². The van der Waals surface area contributed by atoms with Gasteiger partial charge in [0.25, 0.3) is 0 Å². The van der Waals surface area contributed by atoms with E-state index in [2.05, 4.69) is 4.98 Å². The maximum atomic E-state index is 13.7. The standard InChI is InChI=1S/C15H9F4NS/c16-11-6-5-10(15(17,18)19)7-9(11)8-14-20-12-3-1-2-4-13(12)21-14/h1-7H,8H2. The van der Waals surface area contributed by atoms with Crippen molar-refractivity contribution in [2.45, 2.75) is 12.6 Å². The van der Waals surface area contributed by atoms with Crippen LogP contribution in [-0.2, 0) is 12.6 Å². The smallest absolute Gasteiger partial charge is 0.241 e. The summed E-state index contributed by atoms with van der Waals surface area (Å²) in [6.45, 7) is 0. The number of hydrogen-bond donors (Lipinski definition) is 0. The van der Waals surface area contributed by atoms with E-state index in [4.69, 9.17) is 0 Å². The molecule has 0 bridgehead atoms. The van der Waals surface area contributed by atoms with Crippen molar-refractivity contribution < 1.29 is 17.6 Å². The Morgan fingerprint density at radius 2 is 1.81 bits per heavy atom. The van der Waals surface area contributed by atoms with Gasteiger partial charge in [0.2, 0.25) is 0 Å². The Kier molecular flexibility index (Phi) is 3.41. The van der Waals surface area contributed by atoms with Crippen molar-refractivity contribution in [2.24, 2.45) is 0 Å². The summed E-state index contributed by atoms with van der Waals surface area (Å²) < 4.78 is 52.6. The van der Waals surface area contributed by atoms with E-state index in [0.29, 0.717) is 5.01 Å². The van der Waals surface area contributed by atoms with Crippen molar-refractivity contribution >= 4 is 21.6 Å². The minimum Gasteiger partial charge on any atom is -0.241 e. The zero-order valence-electron chi connectivity index (χ0n) is 10.6. The van der Waals surface area contributed by atoms with Gasteiger partial charge in [-0.1, -0.05) is 12.1 Å². The van der Waals surface area contributed by atoms with Gasteiger partial charge < -0.3 is 0 Å². The topological polar surface area (TPSA) is 12.9 Å². The van der Waals surface area contributed by atoms with E-state index < -0.39 is 17.6 Å². The number of benzene rings is 2. The second-order valence-corrected chi connectivity index (χ2v) is 5.67. The third-order valence-corrected chi connectivity index (χ3v) is 4.09. The Bertz CT molecular complexity index is 759. The van der Waals surface area contributed by atoms with Gasteiger partial charge in [-0.2, -0.15) is 13.2 Å². The average Bonchev–Trinajstić information content (AvgIpc) is 2.82. The molecule has 0 saturated heterocycles. The molecule has 1 nitrogen and oxygen atoms in total. The molecule has 0 fully saturated rings. The monoisotopic (exact) mass is 311 g/mol. The first kappa shape index (κ1) is 14.0. The summed E-state index contributed by atoms with van der Waals surface area (Å²) in [6, 6.07) is 9.83. The van der Waals surface area contributed by atoms with Crippen LogP contribution in [0.4, 0.5) is 17.6 Å². The summed E-state index contributed by atoms with van der Waals surface area (Å²) in [7, 11) is 0. The third kappa shape index (κ3) is 2.90. The molecule has 0 amide bonds. The molecule has 0 radical (unpaired) electrons. The van der Waals surface area contributed by atoms with Crippen LogP contribution in [0.2, 0.25) is 0 Å². The maximum Gasteiger partial charge on any atom is 0.416 e. The van der Waals surface area contributed by atoms with E-state index in [0.717, 1.165) is 28.4 Å². The summed E-state index contributed by atoms with van der Waals surface area (Å²) in [5.41, 5.74) is -0.0752. The number of fused-ring (bicyclic) bond motifs is 1. The molecule has 3 aromatic rings. The fraction of sp³-hybridized carbons (Fsp3) is 0.133. The second-order valence-electron chi connectivity index (χ2n) is 4.56. The van der Waals surface area contributed by atoms with Crippen LogP contribution in [-0.4, -0.2) is 4.98 Å². The highest BCUT2D eigenvalue weighted by Crippen LogP contribution is 2.31. The van der Waals surface area contributed by atoms with E-state index in [1.54, 1.807) is 0 Å². The first-order valence-corrected chi connectivity index (χ1v) is 6.95. The lowest BCUT2D eigenvalue weighted by Crippen LogP contribution is -2.06. The van der Waals surface area contributed by atoms with Crippen LogP contribution in [0, 0.1) is 5.82 Å². The predicted molar refractivity (Wildman–Crippen MR) is 73.8 cm³/mol. The van der Waals surface area contributed by atoms with Gasteiger partial charge >= 0.3 is 6.18 Å². The Morgan fingerprint density at radius 3 is 2.52 bits per heavy atom. The van der Waals surface area contributed by atoms with E-state index in [1.165, 1.54) is 11.3 Å². The minimum atomic E-state index is -4.48. The number of aromatic nitrogens is 1. The highest BCUT2D eigenvalue weighted by atomic mass is 32.1. The van der Waals surface area contributed by atoms with Crippen molar-refractivity contribution in [3.05, 3.63) is 64.4 Å². The Balaban J connectivity index is 1.97. The fourth-order valence-corrected chi connectivity index (χ4v) is 3.04. The summed E-state index contributed by atoms with van der Waals surface area (Å²) in [5, 5.41) is 0.592. The lowest BCUT2D eigenvalue weighted by molar-refractivity contribution is -0.137. The molecule has 0 aliphatic carbocycles. The van der Waals surface area contributed by atoms with Crippen molar-refractivity contribution in [3.8, 4) is 0 Å². The van der Waals surface area contributed by atoms with Crippen molar-refractivity contribution in [3.63, 3.8) is 0 Å². The van der Waals surface area contributed by atoms with Crippen LogP contribution < -0.4 is 0 Å². The van der Waals surface area contributed by atoms with Crippen LogP contribution in [0.5, 0.6) is 0 Å². The molecule has 0 atom stereocenters. The zero-order valence-corrected chi connectivity index (χ0v) is 11.4. The second kappa shape index (κ2) is 5.11. The lowest BCUT2D eigenvalue weighted by Gasteiger charge is -2.08. The number of rotatable bonds is 2. The molecule has 0 aliphatic rings. The van der Waals surface area contributed by atoms with Gasteiger partial charge in [-0.25, -0.2) is 9.37 Å². The average molecular weight is 311 g/mol. The maximum absolute atomic E-state index is 13.7. The normalized spacial score (nSPS) is 12.0. The molecular formula is C15H9F4NS. The number of nitrogens with zero attached hydrogens (tertiary/aromatic N) is 1. The Labute approximate surface area is 121 Å². The predicted octanol–water partition coefficient (Wildman–Crippen LogP) is 5.05. The fourth-order valence-electron chi connectivity index (χ4n) is 2.05. The van der Waals surface area contributed by atoms with Crippen LogP contribution in [0.25, 0.3) is 10.2 Å². The first-order chi connectivity index (χ1) is 9.93. The van der Waals surface area contributed by atoms with Crippen LogP contribution in [0.1, 0.15) is 16.1 Å². The lowest BCUT2D eigenvalue weighted by atomic mass is 10.1. The largest absolute Gasteiger partial charge is 0.416 e. The highest BCUT2D eigenvalue weighted by molar-refractivity contribution is 7.18. The van der Waals surface area contributed by atoms with Gasteiger partial charge in [-0.05, 0) is 35.9 Å². The van der Waals surface area contributed by atoms with Crippen LogP contribution >= 0.6 is 11.3 Å². The third-order valence-electron chi connectivity index (χ3n) is 3.05. The van der Waals surface area contributed by atoms with Crippen molar-refractivity contribution in [1.82, 2.24) is 4.98 Å². The van der Waals surface area contributed by atoms with Crippen LogP contribution in [0.15, 0.2) is 42.5 Å². The van der Waals surface area contributed by atoms with Gasteiger partial charge in [-0.3, -0.25) is 0 Å². The molecular weight excluding hydrogens is 302 g/mol. The number of halogens is 4. The molecule has 0 aliphatic heterocycles. The molecule has 0 unspecified atom stereocenters. The van der Waals surface area contributed by atoms with Gasteiger partial charge in [0.1, 0.15) is 5.82 Å². The minimum absolute atomic E-state index is 0.00359. The van der Waals surface area contributed by atoms with Gasteiger partial charge in [0, 0.05) is 6.42 Å². The number of hydrogen-bond acceptors (Lipinski definition) is 2.